The van der Waals surface area contributed by atoms with Gasteiger partial charge in [0.25, 0.3) is 0 Å². The van der Waals surface area contributed by atoms with Gasteiger partial charge >= 0.3 is 0 Å². The Morgan fingerprint density at radius 2 is 1.72 bits per heavy atom. The Kier molecular flexibility index (Phi) is 4.68. The zero-order valence-corrected chi connectivity index (χ0v) is 17.4. The van der Waals surface area contributed by atoms with E-state index in [0.717, 1.165) is 32.1 Å². The van der Waals surface area contributed by atoms with Crippen molar-refractivity contribution in [2.24, 2.45) is 17.3 Å². The normalized spacial score (nSPS) is 35.6. The maximum Gasteiger partial charge on any atom is 0.242 e. The molecule has 2 heterocycles. The van der Waals surface area contributed by atoms with E-state index in [0.29, 0.717) is 44.0 Å². The number of alkyl halides is 1. The van der Waals surface area contributed by atoms with Crippen molar-refractivity contribution in [3.8, 4) is 0 Å². The topological polar surface area (TPSA) is 78.4 Å². The summed E-state index contributed by atoms with van der Waals surface area (Å²) < 4.78 is 0. The van der Waals surface area contributed by atoms with Gasteiger partial charge in [-0.3, -0.25) is 9.59 Å². The second-order valence-electron chi connectivity index (χ2n) is 9.49. The molecule has 4 bridgehead atoms. The van der Waals surface area contributed by atoms with E-state index < -0.39 is 0 Å². The Morgan fingerprint density at radius 3 is 2.34 bits per heavy atom. The average Bonchev–Trinajstić information content (AvgIpc) is 2.70. The minimum absolute atomic E-state index is 0.0164. The van der Waals surface area contributed by atoms with Crippen LogP contribution in [0.5, 0.6) is 0 Å². The molecule has 1 aromatic rings. The van der Waals surface area contributed by atoms with Crippen LogP contribution >= 0.6 is 11.6 Å². The van der Waals surface area contributed by atoms with E-state index >= 15 is 0 Å². The van der Waals surface area contributed by atoms with Gasteiger partial charge in [0.1, 0.15) is 0 Å². The lowest BCUT2D eigenvalue weighted by atomic mass is 9.49. The van der Waals surface area contributed by atoms with E-state index in [1.165, 1.54) is 6.42 Å². The van der Waals surface area contributed by atoms with Crippen molar-refractivity contribution in [3.05, 3.63) is 18.5 Å². The zero-order chi connectivity index (χ0) is 20.1. The summed E-state index contributed by atoms with van der Waals surface area (Å²) in [5.41, 5.74) is -0.352. The first-order chi connectivity index (χ1) is 13.9. The minimum atomic E-state index is -0.352. The third-order valence-electron chi connectivity index (χ3n) is 7.34. The molecule has 0 radical (unpaired) electrons. The van der Waals surface area contributed by atoms with Crippen molar-refractivity contribution in [3.63, 3.8) is 0 Å². The highest BCUT2D eigenvalue weighted by Crippen LogP contribution is 2.63. The lowest BCUT2D eigenvalue weighted by molar-refractivity contribution is -0.146. The van der Waals surface area contributed by atoms with Crippen molar-refractivity contribution in [2.75, 3.05) is 37.6 Å². The molecule has 6 rings (SSSR count). The fourth-order valence-corrected chi connectivity index (χ4v) is 7.17. The summed E-state index contributed by atoms with van der Waals surface area (Å²) in [6.07, 6.45) is 9.42. The molecule has 1 saturated heterocycles. The number of aromatic nitrogens is 2. The number of halogens is 1. The SMILES string of the molecule is O=C(CNC(=O)C12C[C@@H]3C[C@@H](CC(Cl)(C3)C1)C2)N1CCN(c2ncccn2)CC1. The number of carbonyl (C=O) groups excluding carboxylic acids is 2. The van der Waals surface area contributed by atoms with Crippen LogP contribution in [-0.4, -0.2) is 64.3 Å². The summed E-state index contributed by atoms with van der Waals surface area (Å²) in [6.45, 7) is 2.71. The molecule has 2 unspecified atom stereocenters. The van der Waals surface area contributed by atoms with Crippen LogP contribution in [0.1, 0.15) is 38.5 Å². The molecule has 4 saturated carbocycles. The quantitative estimate of drug-likeness (QED) is 0.756. The fourth-order valence-electron chi connectivity index (χ4n) is 6.48. The Hall–Kier alpha value is -1.89. The summed E-state index contributed by atoms with van der Waals surface area (Å²) in [4.78, 5) is 38.0. The Morgan fingerprint density at radius 1 is 1.07 bits per heavy atom. The van der Waals surface area contributed by atoms with Crippen molar-refractivity contribution >= 4 is 29.4 Å². The highest BCUT2D eigenvalue weighted by atomic mass is 35.5. The third kappa shape index (κ3) is 3.58. The summed E-state index contributed by atoms with van der Waals surface area (Å²) >= 11 is 6.84. The molecule has 29 heavy (non-hydrogen) atoms. The largest absolute Gasteiger partial charge is 0.347 e. The van der Waals surface area contributed by atoms with Gasteiger partial charge in [0.15, 0.2) is 0 Å². The van der Waals surface area contributed by atoms with Gasteiger partial charge < -0.3 is 15.1 Å². The van der Waals surface area contributed by atoms with E-state index in [9.17, 15) is 9.59 Å². The van der Waals surface area contributed by atoms with Crippen LogP contribution in [0.2, 0.25) is 0 Å². The fraction of sp³-hybridized carbons (Fsp3) is 0.714. The Balaban J connectivity index is 1.14. The van der Waals surface area contributed by atoms with E-state index in [2.05, 4.69) is 20.2 Å². The van der Waals surface area contributed by atoms with E-state index in [4.69, 9.17) is 11.6 Å². The molecule has 4 atom stereocenters. The number of nitrogens with zero attached hydrogens (tertiary/aromatic N) is 4. The van der Waals surface area contributed by atoms with Gasteiger partial charge in [-0.2, -0.15) is 0 Å². The lowest BCUT2D eigenvalue weighted by Crippen LogP contribution is -2.59. The molecular weight excluding hydrogens is 390 g/mol. The maximum atomic E-state index is 13.1. The molecule has 8 heteroatoms. The van der Waals surface area contributed by atoms with Crippen LogP contribution in [0.25, 0.3) is 0 Å². The van der Waals surface area contributed by atoms with Crippen LogP contribution in [0.4, 0.5) is 5.95 Å². The average molecular weight is 418 g/mol. The van der Waals surface area contributed by atoms with Gasteiger partial charge in [-0.15, -0.1) is 11.6 Å². The number of anilines is 1. The number of nitrogens with one attached hydrogen (secondary N) is 1. The first kappa shape index (κ1) is 19.1. The number of carbonyl (C=O) groups is 2. The molecule has 5 aliphatic rings. The van der Waals surface area contributed by atoms with Gasteiger partial charge in [0, 0.05) is 43.4 Å². The van der Waals surface area contributed by atoms with Gasteiger partial charge in [-0.25, -0.2) is 9.97 Å². The molecule has 0 aromatic carbocycles. The Bertz CT molecular complexity index is 782. The summed E-state index contributed by atoms with van der Waals surface area (Å²) in [5, 5.41) is 2.97. The third-order valence-corrected chi connectivity index (χ3v) is 7.78. The van der Waals surface area contributed by atoms with Crippen molar-refractivity contribution < 1.29 is 9.59 Å². The molecule has 156 valence electrons. The highest BCUT2D eigenvalue weighted by Gasteiger charge is 2.60. The van der Waals surface area contributed by atoms with Crippen LogP contribution in [0.15, 0.2) is 18.5 Å². The summed E-state index contributed by atoms with van der Waals surface area (Å²) in [7, 11) is 0. The molecule has 7 nitrogen and oxygen atoms in total. The van der Waals surface area contributed by atoms with Gasteiger partial charge in [-0.1, -0.05) is 0 Å². The van der Waals surface area contributed by atoms with Gasteiger partial charge in [0.05, 0.1) is 12.0 Å². The van der Waals surface area contributed by atoms with E-state index in [1.807, 2.05) is 4.90 Å². The minimum Gasteiger partial charge on any atom is -0.347 e. The first-order valence-electron chi connectivity index (χ1n) is 10.7. The van der Waals surface area contributed by atoms with E-state index in [-0.39, 0.29) is 28.6 Å². The second-order valence-corrected chi connectivity index (χ2v) is 10.3. The number of hydrogen-bond donors (Lipinski definition) is 1. The van der Waals surface area contributed by atoms with Crippen molar-refractivity contribution in [2.45, 2.75) is 43.4 Å². The standard InChI is InChI=1S/C21H28ClN5O2/c22-21-11-15-8-16(12-21)10-20(9-15,14-21)18(29)25-13-17(28)26-4-6-27(7-5-26)19-23-2-1-3-24-19/h1-3,15-16H,4-14H2,(H,25,29)/t15-,16+,20?,21?. The smallest absolute Gasteiger partial charge is 0.242 e. The molecule has 0 spiro atoms. The highest BCUT2D eigenvalue weighted by molar-refractivity contribution is 6.24. The predicted molar refractivity (Wildman–Crippen MR) is 110 cm³/mol. The number of hydrogen-bond acceptors (Lipinski definition) is 5. The van der Waals surface area contributed by atoms with Crippen molar-refractivity contribution in [1.82, 2.24) is 20.2 Å². The number of piperazine rings is 1. The molecule has 4 aliphatic carbocycles. The monoisotopic (exact) mass is 417 g/mol. The molecule has 1 aliphatic heterocycles. The molecular formula is C21H28ClN5O2. The van der Waals surface area contributed by atoms with Gasteiger partial charge in [0.2, 0.25) is 17.8 Å². The molecule has 5 fully saturated rings. The first-order valence-corrected chi connectivity index (χ1v) is 11.1. The lowest BCUT2D eigenvalue weighted by Gasteiger charge is -2.59. The second kappa shape index (κ2) is 7.11. The van der Waals surface area contributed by atoms with Crippen LogP contribution < -0.4 is 10.2 Å². The molecule has 1 aromatic heterocycles. The number of amides is 2. The van der Waals surface area contributed by atoms with Gasteiger partial charge in [-0.05, 0) is 56.4 Å². The van der Waals surface area contributed by atoms with Crippen molar-refractivity contribution in [1.29, 1.82) is 0 Å². The van der Waals surface area contributed by atoms with Crippen LogP contribution in [-0.2, 0) is 9.59 Å². The molecule has 1 N–H and O–H groups in total. The number of rotatable bonds is 4. The maximum absolute atomic E-state index is 13.1. The van der Waals surface area contributed by atoms with E-state index in [1.54, 1.807) is 18.5 Å². The predicted octanol–water partition coefficient (Wildman–Crippen LogP) is 1.82. The summed E-state index contributed by atoms with van der Waals surface area (Å²) in [5.74, 6) is 1.87. The summed E-state index contributed by atoms with van der Waals surface area (Å²) in [6, 6.07) is 1.79. The zero-order valence-electron chi connectivity index (χ0n) is 16.6. The van der Waals surface area contributed by atoms with Crippen LogP contribution in [0, 0.1) is 17.3 Å². The molecule has 2 amide bonds. The van der Waals surface area contributed by atoms with Crippen LogP contribution in [0.3, 0.4) is 0 Å². The Labute approximate surface area is 176 Å².